The molecule has 2 saturated heterocycles. The van der Waals surface area contributed by atoms with Crippen LogP contribution in [-0.2, 0) is 20.8 Å². The molecule has 6 heteroatoms. The van der Waals surface area contributed by atoms with Gasteiger partial charge in [-0.15, -0.1) is 0 Å². The van der Waals surface area contributed by atoms with Crippen LogP contribution in [0.15, 0.2) is 18.2 Å². The number of anilines is 1. The zero-order valence-corrected chi connectivity index (χ0v) is 14.1. The third-order valence-corrected chi connectivity index (χ3v) is 4.82. The van der Waals surface area contributed by atoms with Crippen LogP contribution in [-0.4, -0.2) is 49.8 Å². The summed E-state index contributed by atoms with van der Waals surface area (Å²) >= 11 is 6.38. The van der Waals surface area contributed by atoms with Crippen molar-refractivity contribution >= 4 is 23.2 Å². The van der Waals surface area contributed by atoms with E-state index in [9.17, 15) is 4.79 Å². The molecule has 0 aromatic heterocycles. The molecule has 1 aromatic carbocycles. The molecule has 0 bridgehead atoms. The molecular weight excluding hydrogens is 316 g/mol. The molecule has 2 heterocycles. The van der Waals surface area contributed by atoms with Gasteiger partial charge in [-0.1, -0.05) is 24.6 Å². The molecule has 1 aromatic rings. The van der Waals surface area contributed by atoms with Crippen molar-refractivity contribution in [2.24, 2.45) is 5.92 Å². The molecule has 3 rings (SSSR count). The molecule has 0 spiro atoms. The molecule has 1 N–H and O–H groups in total. The standard InChI is InChI=1S/C17H23ClN2O3/c1-12-4-7-23-16(12)17(21)19-14-3-2-13(15(18)10-14)11-20-5-8-22-9-6-20/h2-3,10,12,16H,4-9,11H2,1H3,(H,19,21)/t12-,16+/m0/s1. The summed E-state index contributed by atoms with van der Waals surface area (Å²) in [4.78, 5) is 14.6. The number of carbonyl (C=O) groups excluding carboxylic acids is 1. The van der Waals surface area contributed by atoms with Crippen molar-refractivity contribution in [1.82, 2.24) is 4.90 Å². The smallest absolute Gasteiger partial charge is 0.253 e. The van der Waals surface area contributed by atoms with E-state index in [2.05, 4.69) is 10.2 Å². The minimum Gasteiger partial charge on any atom is -0.379 e. The van der Waals surface area contributed by atoms with Crippen LogP contribution < -0.4 is 5.32 Å². The van der Waals surface area contributed by atoms with E-state index in [-0.39, 0.29) is 17.9 Å². The van der Waals surface area contributed by atoms with Crippen LogP contribution >= 0.6 is 11.6 Å². The Morgan fingerprint density at radius 3 is 2.78 bits per heavy atom. The van der Waals surface area contributed by atoms with Gasteiger partial charge in [-0.2, -0.15) is 0 Å². The van der Waals surface area contributed by atoms with Crippen molar-refractivity contribution in [3.63, 3.8) is 0 Å². The van der Waals surface area contributed by atoms with Crippen LogP contribution in [0.2, 0.25) is 5.02 Å². The third kappa shape index (κ3) is 4.23. The number of halogens is 1. The summed E-state index contributed by atoms with van der Waals surface area (Å²) in [5.74, 6) is 0.165. The number of rotatable bonds is 4. The van der Waals surface area contributed by atoms with Crippen LogP contribution in [0.5, 0.6) is 0 Å². The molecule has 126 valence electrons. The quantitative estimate of drug-likeness (QED) is 0.916. The van der Waals surface area contributed by atoms with Gasteiger partial charge >= 0.3 is 0 Å². The van der Waals surface area contributed by atoms with E-state index >= 15 is 0 Å². The fraction of sp³-hybridized carbons (Fsp3) is 0.588. The van der Waals surface area contributed by atoms with Gasteiger partial charge in [-0.3, -0.25) is 9.69 Å². The molecule has 0 saturated carbocycles. The maximum Gasteiger partial charge on any atom is 0.253 e. The van der Waals surface area contributed by atoms with Gasteiger partial charge in [0.1, 0.15) is 6.10 Å². The van der Waals surface area contributed by atoms with Gasteiger partial charge in [-0.05, 0) is 30.0 Å². The van der Waals surface area contributed by atoms with Gasteiger partial charge in [0.2, 0.25) is 0 Å². The Morgan fingerprint density at radius 2 is 2.13 bits per heavy atom. The topological polar surface area (TPSA) is 50.8 Å². The lowest BCUT2D eigenvalue weighted by atomic mass is 10.0. The van der Waals surface area contributed by atoms with Crippen molar-refractivity contribution in [1.29, 1.82) is 0 Å². The van der Waals surface area contributed by atoms with Crippen molar-refractivity contribution in [2.75, 3.05) is 38.2 Å². The molecule has 2 aliphatic rings. The Morgan fingerprint density at radius 1 is 1.35 bits per heavy atom. The predicted octanol–water partition coefficient (Wildman–Crippen LogP) is 2.54. The second-order valence-electron chi connectivity index (χ2n) is 6.24. The van der Waals surface area contributed by atoms with E-state index < -0.39 is 0 Å². The summed E-state index contributed by atoms with van der Waals surface area (Å²) in [7, 11) is 0. The first-order valence-electron chi connectivity index (χ1n) is 8.14. The number of amides is 1. The predicted molar refractivity (Wildman–Crippen MR) is 89.7 cm³/mol. The lowest BCUT2D eigenvalue weighted by Gasteiger charge is -2.27. The highest BCUT2D eigenvalue weighted by Gasteiger charge is 2.30. The summed E-state index contributed by atoms with van der Waals surface area (Å²) in [6.45, 7) is 6.88. The number of benzene rings is 1. The average molecular weight is 339 g/mol. The Balaban J connectivity index is 1.61. The molecule has 5 nitrogen and oxygen atoms in total. The molecule has 0 unspecified atom stereocenters. The molecule has 23 heavy (non-hydrogen) atoms. The molecule has 0 aliphatic carbocycles. The summed E-state index contributed by atoms with van der Waals surface area (Å²) in [6, 6.07) is 5.69. The molecule has 2 aliphatic heterocycles. The number of carbonyl (C=O) groups is 1. The number of morpholine rings is 1. The van der Waals surface area contributed by atoms with Crippen molar-refractivity contribution < 1.29 is 14.3 Å². The van der Waals surface area contributed by atoms with Gasteiger partial charge in [-0.25, -0.2) is 0 Å². The van der Waals surface area contributed by atoms with E-state index in [1.54, 1.807) is 0 Å². The maximum absolute atomic E-state index is 12.2. The highest BCUT2D eigenvalue weighted by Crippen LogP contribution is 2.25. The zero-order valence-electron chi connectivity index (χ0n) is 13.4. The van der Waals surface area contributed by atoms with Gasteiger partial charge in [0.15, 0.2) is 0 Å². The summed E-state index contributed by atoms with van der Waals surface area (Å²) < 4.78 is 10.8. The summed E-state index contributed by atoms with van der Waals surface area (Å²) in [5.41, 5.74) is 1.78. The highest BCUT2D eigenvalue weighted by molar-refractivity contribution is 6.31. The number of hydrogen-bond donors (Lipinski definition) is 1. The lowest BCUT2D eigenvalue weighted by Crippen LogP contribution is -2.35. The van der Waals surface area contributed by atoms with Gasteiger partial charge in [0.05, 0.1) is 13.2 Å². The Bertz CT molecular complexity index is 561. The fourth-order valence-corrected chi connectivity index (χ4v) is 3.24. The van der Waals surface area contributed by atoms with Gasteiger partial charge in [0.25, 0.3) is 5.91 Å². The van der Waals surface area contributed by atoms with Crippen LogP contribution in [0.1, 0.15) is 18.9 Å². The number of ether oxygens (including phenoxy) is 2. The van der Waals surface area contributed by atoms with Gasteiger partial charge < -0.3 is 14.8 Å². The average Bonchev–Trinajstić information content (AvgIpc) is 2.97. The molecule has 0 radical (unpaired) electrons. The van der Waals surface area contributed by atoms with Crippen LogP contribution in [0, 0.1) is 5.92 Å². The zero-order chi connectivity index (χ0) is 16.2. The van der Waals surface area contributed by atoms with Crippen molar-refractivity contribution in [2.45, 2.75) is 26.0 Å². The normalized spacial score (nSPS) is 25.5. The molecule has 2 fully saturated rings. The van der Waals surface area contributed by atoms with Crippen LogP contribution in [0.25, 0.3) is 0 Å². The largest absolute Gasteiger partial charge is 0.379 e. The Hall–Kier alpha value is -1.14. The number of nitrogens with one attached hydrogen (secondary N) is 1. The van der Waals surface area contributed by atoms with E-state index in [1.807, 2.05) is 25.1 Å². The molecule has 1 amide bonds. The minimum atomic E-state index is -0.359. The first-order valence-corrected chi connectivity index (χ1v) is 8.52. The fourth-order valence-electron chi connectivity index (χ4n) is 3.00. The summed E-state index contributed by atoms with van der Waals surface area (Å²) in [6.07, 6.45) is 0.568. The SMILES string of the molecule is C[C@H]1CCO[C@H]1C(=O)Nc1ccc(CN2CCOCC2)c(Cl)c1. The van der Waals surface area contributed by atoms with Gasteiger partial charge in [0, 0.05) is 37.0 Å². The molecule has 2 atom stereocenters. The maximum atomic E-state index is 12.2. The first kappa shape index (κ1) is 16.7. The monoisotopic (exact) mass is 338 g/mol. The second kappa shape index (κ2) is 7.62. The number of nitrogens with zero attached hydrogens (tertiary/aromatic N) is 1. The Kier molecular flexibility index (Phi) is 5.54. The number of hydrogen-bond acceptors (Lipinski definition) is 4. The first-order chi connectivity index (χ1) is 11.1. The van der Waals surface area contributed by atoms with Crippen LogP contribution in [0.4, 0.5) is 5.69 Å². The van der Waals surface area contributed by atoms with E-state index in [1.165, 1.54) is 0 Å². The lowest BCUT2D eigenvalue weighted by molar-refractivity contribution is -0.126. The van der Waals surface area contributed by atoms with E-state index in [4.69, 9.17) is 21.1 Å². The van der Waals surface area contributed by atoms with Crippen molar-refractivity contribution in [3.05, 3.63) is 28.8 Å². The Labute approximate surface area is 141 Å². The van der Waals surface area contributed by atoms with E-state index in [0.717, 1.165) is 44.8 Å². The third-order valence-electron chi connectivity index (χ3n) is 4.46. The highest BCUT2D eigenvalue weighted by atomic mass is 35.5. The van der Waals surface area contributed by atoms with Crippen molar-refractivity contribution in [3.8, 4) is 0 Å². The summed E-state index contributed by atoms with van der Waals surface area (Å²) in [5, 5.41) is 3.58. The van der Waals surface area contributed by atoms with Crippen LogP contribution in [0.3, 0.4) is 0 Å². The molecular formula is C17H23ClN2O3. The minimum absolute atomic E-state index is 0.0907. The second-order valence-corrected chi connectivity index (χ2v) is 6.65. The van der Waals surface area contributed by atoms with E-state index in [0.29, 0.717) is 17.3 Å².